The Kier molecular flexibility index (Phi) is 5.57. The number of rotatable bonds is 6. The van der Waals surface area contributed by atoms with E-state index < -0.39 is 24.0 Å². The summed E-state index contributed by atoms with van der Waals surface area (Å²) in [6, 6.07) is 6.83. The van der Waals surface area contributed by atoms with Crippen molar-refractivity contribution in [2.75, 3.05) is 0 Å². The number of imide groups is 1. The molecule has 0 unspecified atom stereocenters. The highest BCUT2D eigenvalue weighted by atomic mass is 16.5. The van der Waals surface area contributed by atoms with Crippen LogP contribution in [0.15, 0.2) is 30.5 Å². The predicted molar refractivity (Wildman–Crippen MR) is 89.1 cm³/mol. The van der Waals surface area contributed by atoms with Crippen molar-refractivity contribution in [3.05, 3.63) is 36.0 Å². The molecule has 0 aliphatic carbocycles. The summed E-state index contributed by atoms with van der Waals surface area (Å²) in [6.45, 7) is 3.44. The Morgan fingerprint density at radius 2 is 1.96 bits per heavy atom. The standard InChI is InChI=1S/C17H21N3O4/c1-10(2)15(16(22)20-17(18)23)24-14(21)8-7-11-9-19-13-6-4-3-5-12(11)13/h3-6,9-10,15,19H,7-8H2,1-2H3,(H3,18,20,22,23)/t15-/m1/s1. The molecule has 1 aromatic carbocycles. The first-order valence-electron chi connectivity index (χ1n) is 7.73. The van der Waals surface area contributed by atoms with Gasteiger partial charge in [-0.2, -0.15) is 0 Å². The van der Waals surface area contributed by atoms with E-state index in [1.807, 2.05) is 35.8 Å². The molecule has 0 aliphatic heterocycles. The Bertz CT molecular complexity index is 751. The van der Waals surface area contributed by atoms with Crippen molar-refractivity contribution in [2.45, 2.75) is 32.8 Å². The van der Waals surface area contributed by atoms with Gasteiger partial charge in [-0.15, -0.1) is 0 Å². The van der Waals surface area contributed by atoms with Crippen molar-refractivity contribution < 1.29 is 19.1 Å². The summed E-state index contributed by atoms with van der Waals surface area (Å²) in [5.74, 6) is -1.49. The van der Waals surface area contributed by atoms with Gasteiger partial charge in [0.15, 0.2) is 6.10 Å². The van der Waals surface area contributed by atoms with Gasteiger partial charge in [-0.25, -0.2) is 4.79 Å². The van der Waals surface area contributed by atoms with Gasteiger partial charge in [0.1, 0.15) is 0 Å². The van der Waals surface area contributed by atoms with Crippen LogP contribution < -0.4 is 11.1 Å². The van der Waals surface area contributed by atoms with Crippen LogP contribution in [-0.4, -0.2) is 29.0 Å². The largest absolute Gasteiger partial charge is 0.452 e. The van der Waals surface area contributed by atoms with Crippen molar-refractivity contribution >= 4 is 28.8 Å². The van der Waals surface area contributed by atoms with Gasteiger partial charge in [-0.05, 0) is 24.0 Å². The highest BCUT2D eigenvalue weighted by Gasteiger charge is 2.27. The number of aromatic amines is 1. The highest BCUT2D eigenvalue weighted by molar-refractivity contribution is 5.96. The van der Waals surface area contributed by atoms with Crippen LogP contribution in [0, 0.1) is 5.92 Å². The lowest BCUT2D eigenvalue weighted by Crippen LogP contribution is -2.45. The third kappa shape index (κ3) is 4.34. The topological polar surface area (TPSA) is 114 Å². The smallest absolute Gasteiger partial charge is 0.318 e. The molecule has 3 amide bonds. The van der Waals surface area contributed by atoms with Crippen molar-refractivity contribution in [1.29, 1.82) is 0 Å². The lowest BCUT2D eigenvalue weighted by Gasteiger charge is -2.19. The van der Waals surface area contributed by atoms with Crippen LogP contribution >= 0.6 is 0 Å². The first-order chi connectivity index (χ1) is 11.4. The monoisotopic (exact) mass is 331 g/mol. The van der Waals surface area contributed by atoms with Crippen LogP contribution in [0.2, 0.25) is 0 Å². The van der Waals surface area contributed by atoms with Gasteiger partial charge in [0, 0.05) is 23.5 Å². The molecule has 2 aromatic rings. The zero-order chi connectivity index (χ0) is 17.7. The van der Waals surface area contributed by atoms with Gasteiger partial charge in [0.2, 0.25) is 0 Å². The minimum Gasteiger partial charge on any atom is -0.452 e. The van der Waals surface area contributed by atoms with Gasteiger partial charge < -0.3 is 15.5 Å². The molecule has 1 heterocycles. The molecule has 0 radical (unpaired) electrons. The van der Waals surface area contributed by atoms with E-state index in [9.17, 15) is 14.4 Å². The molecule has 1 aromatic heterocycles. The summed E-state index contributed by atoms with van der Waals surface area (Å²) in [4.78, 5) is 37.8. The number of amides is 3. The third-order valence-electron chi connectivity index (χ3n) is 3.64. The van der Waals surface area contributed by atoms with Crippen LogP contribution in [0.3, 0.4) is 0 Å². The second-order valence-electron chi connectivity index (χ2n) is 5.87. The van der Waals surface area contributed by atoms with Crippen molar-refractivity contribution in [3.63, 3.8) is 0 Å². The number of urea groups is 1. The number of fused-ring (bicyclic) bond motifs is 1. The fourth-order valence-corrected chi connectivity index (χ4v) is 2.46. The number of hydrogen-bond donors (Lipinski definition) is 3. The number of carbonyl (C=O) groups is 3. The maximum atomic E-state index is 12.1. The molecule has 0 bridgehead atoms. The van der Waals surface area contributed by atoms with Gasteiger partial charge >= 0.3 is 12.0 Å². The minimum atomic E-state index is -1.05. The first-order valence-corrected chi connectivity index (χ1v) is 7.73. The van der Waals surface area contributed by atoms with E-state index in [1.165, 1.54) is 0 Å². The average Bonchev–Trinajstić information content (AvgIpc) is 2.92. The zero-order valence-electron chi connectivity index (χ0n) is 13.7. The summed E-state index contributed by atoms with van der Waals surface area (Å²) in [7, 11) is 0. The predicted octanol–water partition coefficient (Wildman–Crippen LogP) is 1.86. The van der Waals surface area contributed by atoms with Crippen LogP contribution in [0.5, 0.6) is 0 Å². The van der Waals surface area contributed by atoms with Crippen LogP contribution in [0.1, 0.15) is 25.8 Å². The quantitative estimate of drug-likeness (QED) is 0.701. The fraction of sp³-hybridized carbons (Fsp3) is 0.353. The Labute approximate surface area is 139 Å². The number of para-hydroxylation sites is 1. The van der Waals surface area contributed by atoms with Gasteiger partial charge in [-0.3, -0.25) is 14.9 Å². The second-order valence-corrected chi connectivity index (χ2v) is 5.87. The van der Waals surface area contributed by atoms with E-state index >= 15 is 0 Å². The molecule has 0 aliphatic rings. The van der Waals surface area contributed by atoms with Crippen LogP contribution in [-0.2, 0) is 20.7 Å². The summed E-state index contributed by atoms with van der Waals surface area (Å²) in [5, 5.41) is 2.99. The molecule has 0 fully saturated rings. The van der Waals surface area contributed by atoms with Gasteiger partial charge in [0.05, 0.1) is 0 Å². The summed E-state index contributed by atoms with van der Waals surface area (Å²) >= 11 is 0. The lowest BCUT2D eigenvalue weighted by atomic mass is 10.1. The van der Waals surface area contributed by atoms with Crippen molar-refractivity contribution in [2.24, 2.45) is 11.7 Å². The number of nitrogens with two attached hydrogens (primary N) is 1. The normalized spacial score (nSPS) is 12.1. The summed E-state index contributed by atoms with van der Waals surface area (Å²) in [5.41, 5.74) is 6.93. The van der Waals surface area contributed by atoms with Crippen molar-refractivity contribution in [1.82, 2.24) is 10.3 Å². The van der Waals surface area contributed by atoms with E-state index in [0.717, 1.165) is 16.5 Å². The summed E-state index contributed by atoms with van der Waals surface area (Å²) < 4.78 is 5.22. The molecule has 0 saturated heterocycles. The number of aromatic nitrogens is 1. The number of hydrogen-bond acceptors (Lipinski definition) is 4. The maximum Gasteiger partial charge on any atom is 0.318 e. The minimum absolute atomic E-state index is 0.134. The lowest BCUT2D eigenvalue weighted by molar-refractivity contribution is -0.158. The number of ether oxygens (including phenoxy) is 1. The van der Waals surface area contributed by atoms with E-state index in [4.69, 9.17) is 10.5 Å². The Balaban J connectivity index is 1.96. The number of nitrogens with one attached hydrogen (secondary N) is 2. The Hall–Kier alpha value is -2.83. The number of aryl methyl sites for hydroxylation is 1. The molecule has 24 heavy (non-hydrogen) atoms. The Morgan fingerprint density at radius 1 is 1.25 bits per heavy atom. The number of esters is 1. The molecule has 4 N–H and O–H groups in total. The molecule has 0 spiro atoms. The highest BCUT2D eigenvalue weighted by Crippen LogP contribution is 2.19. The third-order valence-corrected chi connectivity index (χ3v) is 3.64. The van der Waals surface area contributed by atoms with E-state index in [0.29, 0.717) is 6.42 Å². The molecule has 0 saturated carbocycles. The number of carbonyl (C=O) groups excluding carboxylic acids is 3. The van der Waals surface area contributed by atoms with Gasteiger partial charge in [0.25, 0.3) is 5.91 Å². The molecular formula is C17H21N3O4. The molecule has 1 atom stereocenters. The molecule has 7 heteroatoms. The zero-order valence-corrected chi connectivity index (χ0v) is 13.7. The van der Waals surface area contributed by atoms with Crippen molar-refractivity contribution in [3.8, 4) is 0 Å². The molecular weight excluding hydrogens is 310 g/mol. The molecule has 7 nitrogen and oxygen atoms in total. The van der Waals surface area contributed by atoms with Crippen LogP contribution in [0.25, 0.3) is 10.9 Å². The number of benzene rings is 1. The molecule has 128 valence electrons. The average molecular weight is 331 g/mol. The first kappa shape index (κ1) is 17.5. The van der Waals surface area contributed by atoms with Gasteiger partial charge in [-0.1, -0.05) is 32.0 Å². The SMILES string of the molecule is CC(C)[C@@H](OC(=O)CCc1c[nH]c2ccccc12)C(=O)NC(N)=O. The molecule has 2 rings (SSSR count). The van der Waals surface area contributed by atoms with E-state index in [-0.39, 0.29) is 12.3 Å². The number of primary amides is 1. The van der Waals surface area contributed by atoms with Crippen LogP contribution in [0.4, 0.5) is 4.79 Å². The maximum absolute atomic E-state index is 12.1. The van der Waals surface area contributed by atoms with E-state index in [2.05, 4.69) is 4.98 Å². The Morgan fingerprint density at radius 3 is 2.62 bits per heavy atom. The second kappa shape index (κ2) is 7.63. The fourth-order valence-electron chi connectivity index (χ4n) is 2.46. The van der Waals surface area contributed by atoms with E-state index in [1.54, 1.807) is 13.8 Å². The number of H-pyrrole nitrogens is 1. The summed E-state index contributed by atoms with van der Waals surface area (Å²) in [6.07, 6.45) is 1.44.